The largest absolute Gasteiger partial charge is 0.493 e. The molecule has 1 N–H and O–H groups in total. The number of methoxy groups -OCH3 is 1. The van der Waals surface area contributed by atoms with Gasteiger partial charge < -0.3 is 14.8 Å². The van der Waals surface area contributed by atoms with E-state index in [9.17, 15) is 14.9 Å². The van der Waals surface area contributed by atoms with Crippen LogP contribution in [0.1, 0.15) is 16.7 Å². The fraction of sp³-hybridized carbons (Fsp3) is 0.125. The Morgan fingerprint density at radius 1 is 1.06 bits per heavy atom. The molecule has 0 saturated heterocycles. The first-order valence-electron chi connectivity index (χ1n) is 9.55. The number of ether oxygens (including phenoxy) is 2. The summed E-state index contributed by atoms with van der Waals surface area (Å²) in [5.41, 5.74) is 2.49. The van der Waals surface area contributed by atoms with Gasteiger partial charge in [0.2, 0.25) is 5.91 Å². The Morgan fingerprint density at radius 3 is 2.55 bits per heavy atom. The maximum atomic E-state index is 12.2. The molecule has 31 heavy (non-hydrogen) atoms. The Kier molecular flexibility index (Phi) is 7.01. The predicted molar refractivity (Wildman–Crippen MR) is 119 cm³/mol. The van der Waals surface area contributed by atoms with Crippen LogP contribution < -0.4 is 14.8 Å². The van der Waals surface area contributed by atoms with Crippen molar-refractivity contribution in [1.29, 1.82) is 0 Å². The molecule has 7 nitrogen and oxygen atoms in total. The third-order valence-electron chi connectivity index (χ3n) is 4.46. The Hall–Kier alpha value is -4.13. The summed E-state index contributed by atoms with van der Waals surface area (Å²) in [7, 11) is 1.54. The van der Waals surface area contributed by atoms with Crippen molar-refractivity contribution < 1.29 is 19.2 Å². The Balaban J connectivity index is 1.68. The SMILES string of the molecule is COc1cc(/C=C/C(=O)Nc2ccc(C)cc2[N+](=O)[O-])ccc1OCc1ccccc1. The highest BCUT2D eigenvalue weighted by Crippen LogP contribution is 2.29. The van der Waals surface area contributed by atoms with Crippen LogP contribution in [0.4, 0.5) is 11.4 Å². The molecule has 3 aromatic rings. The molecule has 3 rings (SSSR count). The number of nitrogens with one attached hydrogen (secondary N) is 1. The third kappa shape index (κ3) is 5.93. The number of benzene rings is 3. The van der Waals surface area contributed by atoms with Crippen molar-refractivity contribution >= 4 is 23.4 Å². The molecule has 0 unspecified atom stereocenters. The number of anilines is 1. The summed E-state index contributed by atoms with van der Waals surface area (Å²) in [5, 5.41) is 13.7. The molecule has 158 valence electrons. The van der Waals surface area contributed by atoms with Crippen LogP contribution in [-0.4, -0.2) is 17.9 Å². The molecule has 0 saturated carbocycles. The minimum Gasteiger partial charge on any atom is -0.493 e. The molecular weight excluding hydrogens is 396 g/mol. The molecule has 0 heterocycles. The average Bonchev–Trinajstić information content (AvgIpc) is 2.78. The molecule has 0 bridgehead atoms. The number of amides is 1. The lowest BCUT2D eigenvalue weighted by Gasteiger charge is -2.11. The summed E-state index contributed by atoms with van der Waals surface area (Å²) in [4.78, 5) is 22.9. The van der Waals surface area contributed by atoms with Crippen LogP contribution in [-0.2, 0) is 11.4 Å². The van der Waals surface area contributed by atoms with E-state index in [1.165, 1.54) is 18.2 Å². The summed E-state index contributed by atoms with van der Waals surface area (Å²) in [5.74, 6) is 0.645. The van der Waals surface area contributed by atoms with Gasteiger partial charge in [0.25, 0.3) is 5.69 Å². The van der Waals surface area contributed by atoms with Gasteiger partial charge in [-0.3, -0.25) is 14.9 Å². The lowest BCUT2D eigenvalue weighted by Crippen LogP contribution is -2.09. The van der Waals surface area contributed by atoms with Crippen molar-refractivity contribution in [3.8, 4) is 11.5 Å². The van der Waals surface area contributed by atoms with E-state index >= 15 is 0 Å². The highest BCUT2D eigenvalue weighted by molar-refractivity contribution is 6.03. The highest BCUT2D eigenvalue weighted by Gasteiger charge is 2.15. The van der Waals surface area contributed by atoms with Crippen molar-refractivity contribution in [1.82, 2.24) is 0 Å². The zero-order valence-electron chi connectivity index (χ0n) is 17.2. The van der Waals surface area contributed by atoms with Crippen molar-refractivity contribution in [2.24, 2.45) is 0 Å². The first-order chi connectivity index (χ1) is 15.0. The lowest BCUT2D eigenvalue weighted by atomic mass is 10.1. The fourth-order valence-electron chi connectivity index (χ4n) is 2.89. The summed E-state index contributed by atoms with van der Waals surface area (Å²) in [6.45, 7) is 2.16. The van der Waals surface area contributed by atoms with Crippen molar-refractivity contribution in [2.45, 2.75) is 13.5 Å². The number of nitro benzene ring substituents is 1. The van der Waals surface area contributed by atoms with Crippen LogP contribution in [0, 0.1) is 17.0 Å². The van der Waals surface area contributed by atoms with Gasteiger partial charge in [0, 0.05) is 12.1 Å². The number of hydrogen-bond donors (Lipinski definition) is 1. The van der Waals surface area contributed by atoms with E-state index in [2.05, 4.69) is 5.32 Å². The van der Waals surface area contributed by atoms with Crippen LogP contribution in [0.5, 0.6) is 11.5 Å². The number of rotatable bonds is 8. The Bertz CT molecular complexity index is 1110. The maximum Gasteiger partial charge on any atom is 0.293 e. The van der Waals surface area contributed by atoms with E-state index in [1.54, 1.807) is 44.4 Å². The van der Waals surface area contributed by atoms with Gasteiger partial charge in [-0.25, -0.2) is 0 Å². The van der Waals surface area contributed by atoms with Crippen LogP contribution in [0.25, 0.3) is 6.08 Å². The molecule has 1 amide bonds. The number of carbonyl (C=O) groups excluding carboxylic acids is 1. The average molecular weight is 418 g/mol. The van der Waals surface area contributed by atoms with Gasteiger partial charge in [0.05, 0.1) is 12.0 Å². The smallest absolute Gasteiger partial charge is 0.293 e. The predicted octanol–water partition coefficient (Wildman–Crippen LogP) is 5.14. The Labute approximate surface area is 180 Å². The van der Waals surface area contributed by atoms with Crippen molar-refractivity contribution in [2.75, 3.05) is 12.4 Å². The zero-order chi connectivity index (χ0) is 22.2. The molecule has 0 spiro atoms. The first-order valence-corrected chi connectivity index (χ1v) is 9.55. The number of carbonyl (C=O) groups is 1. The first kappa shape index (κ1) is 21.6. The van der Waals surface area contributed by atoms with Gasteiger partial charge in [0.15, 0.2) is 11.5 Å². The van der Waals surface area contributed by atoms with Crippen molar-refractivity contribution in [3.05, 3.63) is 99.6 Å². The fourth-order valence-corrected chi connectivity index (χ4v) is 2.89. The molecular formula is C24H22N2O5. The second-order valence-electron chi connectivity index (χ2n) is 6.78. The molecule has 0 atom stereocenters. The normalized spacial score (nSPS) is 10.6. The highest BCUT2D eigenvalue weighted by atomic mass is 16.6. The minimum absolute atomic E-state index is 0.146. The summed E-state index contributed by atoms with van der Waals surface area (Å²) in [6.07, 6.45) is 2.90. The third-order valence-corrected chi connectivity index (χ3v) is 4.46. The van der Waals surface area contributed by atoms with Crippen LogP contribution in [0.2, 0.25) is 0 Å². The van der Waals surface area contributed by atoms with Crippen LogP contribution in [0.3, 0.4) is 0 Å². The van der Waals surface area contributed by atoms with E-state index in [1.807, 2.05) is 30.3 Å². The standard InChI is InChI=1S/C24H22N2O5/c1-17-8-11-20(21(14-17)26(28)29)25-24(27)13-10-18-9-12-22(23(15-18)30-2)31-16-19-6-4-3-5-7-19/h3-15H,16H2,1-2H3,(H,25,27)/b13-10+. The molecule has 0 aliphatic heterocycles. The van der Waals surface area contributed by atoms with Gasteiger partial charge in [-0.05, 0) is 47.9 Å². The monoisotopic (exact) mass is 418 g/mol. The van der Waals surface area contributed by atoms with E-state index in [0.29, 0.717) is 18.1 Å². The Morgan fingerprint density at radius 2 is 1.84 bits per heavy atom. The van der Waals surface area contributed by atoms with Crippen LogP contribution >= 0.6 is 0 Å². The van der Waals surface area contributed by atoms with Gasteiger partial charge in [-0.2, -0.15) is 0 Å². The zero-order valence-corrected chi connectivity index (χ0v) is 17.2. The molecule has 0 fully saturated rings. The number of nitro groups is 1. The molecule has 0 aliphatic carbocycles. The second kappa shape index (κ2) is 10.1. The van der Waals surface area contributed by atoms with E-state index in [4.69, 9.17) is 9.47 Å². The molecule has 0 aliphatic rings. The maximum absolute atomic E-state index is 12.2. The molecule has 3 aromatic carbocycles. The van der Waals surface area contributed by atoms with Gasteiger partial charge in [-0.1, -0.05) is 42.5 Å². The van der Waals surface area contributed by atoms with Gasteiger partial charge >= 0.3 is 0 Å². The summed E-state index contributed by atoms with van der Waals surface area (Å²) < 4.78 is 11.2. The minimum atomic E-state index is -0.522. The van der Waals surface area contributed by atoms with E-state index in [0.717, 1.165) is 16.7 Å². The lowest BCUT2D eigenvalue weighted by molar-refractivity contribution is -0.384. The van der Waals surface area contributed by atoms with E-state index < -0.39 is 10.8 Å². The van der Waals surface area contributed by atoms with Crippen molar-refractivity contribution in [3.63, 3.8) is 0 Å². The van der Waals surface area contributed by atoms with Gasteiger partial charge in [-0.15, -0.1) is 0 Å². The second-order valence-corrected chi connectivity index (χ2v) is 6.78. The number of nitrogens with zero attached hydrogens (tertiary/aromatic N) is 1. The number of aryl methyl sites for hydroxylation is 1. The number of hydrogen-bond acceptors (Lipinski definition) is 5. The quantitative estimate of drug-likeness (QED) is 0.311. The topological polar surface area (TPSA) is 90.7 Å². The molecule has 7 heteroatoms. The van der Waals surface area contributed by atoms with E-state index in [-0.39, 0.29) is 11.4 Å². The van der Waals surface area contributed by atoms with Crippen LogP contribution in [0.15, 0.2) is 72.8 Å². The summed E-state index contributed by atoms with van der Waals surface area (Å²) >= 11 is 0. The molecule has 0 radical (unpaired) electrons. The summed E-state index contributed by atoms with van der Waals surface area (Å²) in [6, 6.07) is 19.7. The molecule has 0 aromatic heterocycles. The van der Waals surface area contributed by atoms with Gasteiger partial charge in [0.1, 0.15) is 12.3 Å².